The van der Waals surface area contributed by atoms with Gasteiger partial charge in [-0.15, -0.1) is 0 Å². The highest BCUT2D eigenvalue weighted by Crippen LogP contribution is 2.27. The first kappa shape index (κ1) is 13.9. The average Bonchev–Trinajstić information content (AvgIpc) is 2.99. The van der Waals surface area contributed by atoms with E-state index in [-0.39, 0.29) is 5.91 Å². The number of hydrogen-bond donors (Lipinski definition) is 1. The van der Waals surface area contributed by atoms with Crippen LogP contribution in [0.4, 0.5) is 5.69 Å². The van der Waals surface area contributed by atoms with Gasteiger partial charge in [0.05, 0.1) is 11.9 Å². The number of nitrogens with one attached hydrogen (secondary N) is 1. The molecule has 0 aliphatic carbocycles. The summed E-state index contributed by atoms with van der Waals surface area (Å²) >= 11 is 0. The van der Waals surface area contributed by atoms with Crippen LogP contribution in [0.3, 0.4) is 0 Å². The van der Waals surface area contributed by atoms with Gasteiger partial charge in [-0.3, -0.25) is 4.79 Å². The van der Waals surface area contributed by atoms with E-state index in [4.69, 9.17) is 0 Å². The number of anilines is 1. The van der Waals surface area contributed by atoms with E-state index in [2.05, 4.69) is 20.9 Å². The number of hydrogen-bond acceptors (Lipinski definition) is 2. The number of benzene rings is 1. The highest BCUT2D eigenvalue weighted by Gasteiger charge is 2.16. The van der Waals surface area contributed by atoms with Crippen LogP contribution in [0.15, 0.2) is 30.5 Å². The highest BCUT2D eigenvalue weighted by atomic mass is 16.1. The summed E-state index contributed by atoms with van der Waals surface area (Å²) in [5.41, 5.74) is 3.10. The van der Waals surface area contributed by atoms with Crippen LogP contribution in [-0.2, 0) is 17.8 Å². The summed E-state index contributed by atoms with van der Waals surface area (Å²) in [6.07, 6.45) is 4.71. The molecule has 1 N–H and O–H groups in total. The molecule has 0 spiro atoms. The number of amides is 1. The van der Waals surface area contributed by atoms with Gasteiger partial charge in [-0.25, -0.2) is 4.98 Å². The standard InChI is InChI=1S/C17H21N3O/c1-12(2)9-17(21)19-14-6-3-5-13(10-14)15-11-18-16-7-4-8-20(15)16/h3,5-6,10-12H,4,7-9H2,1-2H3,(H,19,21). The minimum atomic E-state index is 0.0701. The zero-order chi connectivity index (χ0) is 14.8. The number of aromatic nitrogens is 2. The van der Waals surface area contributed by atoms with Crippen LogP contribution in [0.5, 0.6) is 0 Å². The lowest BCUT2D eigenvalue weighted by atomic mass is 10.1. The number of imidazole rings is 1. The smallest absolute Gasteiger partial charge is 0.224 e. The molecule has 1 aliphatic heterocycles. The second kappa shape index (κ2) is 5.72. The molecule has 0 atom stereocenters. The summed E-state index contributed by atoms with van der Waals surface area (Å²) in [6, 6.07) is 8.01. The lowest BCUT2D eigenvalue weighted by Gasteiger charge is -2.10. The lowest BCUT2D eigenvalue weighted by Crippen LogP contribution is -2.13. The maximum atomic E-state index is 11.9. The molecule has 2 heterocycles. The quantitative estimate of drug-likeness (QED) is 0.933. The Kier molecular flexibility index (Phi) is 3.78. The molecule has 21 heavy (non-hydrogen) atoms. The van der Waals surface area contributed by atoms with Crippen molar-refractivity contribution >= 4 is 11.6 Å². The molecule has 0 fully saturated rings. The Morgan fingerprint density at radius 1 is 1.43 bits per heavy atom. The van der Waals surface area contributed by atoms with Gasteiger partial charge >= 0.3 is 0 Å². The number of aryl methyl sites for hydroxylation is 1. The third-order valence-corrected chi connectivity index (χ3v) is 3.76. The third kappa shape index (κ3) is 2.99. The molecule has 1 amide bonds. The van der Waals surface area contributed by atoms with E-state index in [0.717, 1.165) is 29.9 Å². The lowest BCUT2D eigenvalue weighted by molar-refractivity contribution is -0.116. The Morgan fingerprint density at radius 3 is 3.10 bits per heavy atom. The van der Waals surface area contributed by atoms with Crippen LogP contribution in [0.25, 0.3) is 11.3 Å². The van der Waals surface area contributed by atoms with E-state index < -0.39 is 0 Å². The van der Waals surface area contributed by atoms with Gasteiger partial charge in [-0.2, -0.15) is 0 Å². The van der Waals surface area contributed by atoms with E-state index in [0.29, 0.717) is 12.3 Å². The number of nitrogens with zero attached hydrogens (tertiary/aromatic N) is 2. The van der Waals surface area contributed by atoms with Crippen molar-refractivity contribution in [1.29, 1.82) is 0 Å². The molecule has 0 saturated heterocycles. The topological polar surface area (TPSA) is 46.9 Å². The summed E-state index contributed by atoms with van der Waals surface area (Å²) < 4.78 is 2.27. The summed E-state index contributed by atoms with van der Waals surface area (Å²) in [5.74, 6) is 1.60. The van der Waals surface area contributed by atoms with E-state index in [1.54, 1.807) is 0 Å². The Morgan fingerprint density at radius 2 is 2.29 bits per heavy atom. The highest BCUT2D eigenvalue weighted by molar-refractivity contribution is 5.91. The first-order valence-electron chi connectivity index (χ1n) is 7.58. The van der Waals surface area contributed by atoms with Crippen molar-refractivity contribution in [2.24, 2.45) is 5.92 Å². The van der Waals surface area contributed by atoms with Gasteiger partial charge < -0.3 is 9.88 Å². The number of carbonyl (C=O) groups is 1. The fraction of sp³-hybridized carbons (Fsp3) is 0.412. The van der Waals surface area contributed by atoms with E-state index >= 15 is 0 Å². The Balaban J connectivity index is 1.81. The molecule has 3 rings (SSSR count). The van der Waals surface area contributed by atoms with Gasteiger partial charge in [0.2, 0.25) is 5.91 Å². The first-order valence-corrected chi connectivity index (χ1v) is 7.58. The summed E-state index contributed by atoms with van der Waals surface area (Å²) in [4.78, 5) is 16.4. The Labute approximate surface area is 125 Å². The zero-order valence-corrected chi connectivity index (χ0v) is 12.6. The molecule has 0 radical (unpaired) electrons. The van der Waals surface area contributed by atoms with E-state index in [9.17, 15) is 4.79 Å². The van der Waals surface area contributed by atoms with Crippen LogP contribution in [0.2, 0.25) is 0 Å². The van der Waals surface area contributed by atoms with Crippen molar-refractivity contribution in [3.8, 4) is 11.3 Å². The number of rotatable bonds is 4. The first-order chi connectivity index (χ1) is 10.1. The third-order valence-electron chi connectivity index (χ3n) is 3.76. The fourth-order valence-electron chi connectivity index (χ4n) is 2.83. The molecular weight excluding hydrogens is 262 g/mol. The second-order valence-electron chi connectivity index (χ2n) is 6.04. The van der Waals surface area contributed by atoms with Crippen LogP contribution in [0.1, 0.15) is 32.5 Å². The molecule has 2 aromatic rings. The van der Waals surface area contributed by atoms with Crippen LogP contribution < -0.4 is 5.32 Å². The molecule has 1 aromatic heterocycles. The van der Waals surface area contributed by atoms with Crippen molar-refractivity contribution in [3.63, 3.8) is 0 Å². The fourth-order valence-corrected chi connectivity index (χ4v) is 2.83. The number of fused-ring (bicyclic) bond motifs is 1. The SMILES string of the molecule is CC(C)CC(=O)Nc1cccc(-c2cnc3n2CCC3)c1. The van der Waals surface area contributed by atoms with Gasteiger partial charge in [-0.1, -0.05) is 26.0 Å². The largest absolute Gasteiger partial charge is 0.328 e. The van der Waals surface area contributed by atoms with Crippen LogP contribution in [-0.4, -0.2) is 15.5 Å². The van der Waals surface area contributed by atoms with Gasteiger partial charge in [0, 0.05) is 30.6 Å². The molecule has 4 nitrogen and oxygen atoms in total. The normalized spacial score (nSPS) is 13.5. The van der Waals surface area contributed by atoms with Gasteiger partial charge in [0.25, 0.3) is 0 Å². The monoisotopic (exact) mass is 283 g/mol. The Hall–Kier alpha value is -2.10. The molecule has 110 valence electrons. The minimum Gasteiger partial charge on any atom is -0.328 e. The van der Waals surface area contributed by atoms with Gasteiger partial charge in [0.1, 0.15) is 5.82 Å². The predicted molar refractivity (Wildman–Crippen MR) is 84.1 cm³/mol. The van der Waals surface area contributed by atoms with E-state index in [1.165, 1.54) is 12.2 Å². The van der Waals surface area contributed by atoms with Crippen molar-refractivity contribution in [2.75, 3.05) is 5.32 Å². The average molecular weight is 283 g/mol. The van der Waals surface area contributed by atoms with Gasteiger partial charge in [-0.05, 0) is 24.5 Å². The minimum absolute atomic E-state index is 0.0701. The second-order valence-corrected chi connectivity index (χ2v) is 6.04. The van der Waals surface area contributed by atoms with Crippen LogP contribution in [0, 0.1) is 5.92 Å². The molecule has 1 aromatic carbocycles. The summed E-state index contributed by atoms with van der Waals surface area (Å²) in [7, 11) is 0. The molecule has 0 bridgehead atoms. The maximum absolute atomic E-state index is 11.9. The van der Waals surface area contributed by atoms with Crippen molar-refractivity contribution in [3.05, 3.63) is 36.3 Å². The molecular formula is C17H21N3O. The maximum Gasteiger partial charge on any atom is 0.224 e. The Bertz CT molecular complexity index is 658. The summed E-state index contributed by atoms with van der Waals surface area (Å²) in [5, 5.41) is 2.97. The molecule has 4 heteroatoms. The zero-order valence-electron chi connectivity index (χ0n) is 12.6. The molecule has 0 saturated carbocycles. The van der Waals surface area contributed by atoms with Crippen LogP contribution >= 0.6 is 0 Å². The van der Waals surface area contributed by atoms with Gasteiger partial charge in [0.15, 0.2) is 0 Å². The molecule has 0 unspecified atom stereocenters. The predicted octanol–water partition coefficient (Wildman–Crippen LogP) is 3.48. The van der Waals surface area contributed by atoms with E-state index in [1.807, 2.05) is 38.2 Å². The van der Waals surface area contributed by atoms with Crippen molar-refractivity contribution < 1.29 is 4.79 Å². The van der Waals surface area contributed by atoms with Crippen molar-refractivity contribution in [1.82, 2.24) is 9.55 Å². The number of carbonyl (C=O) groups excluding carboxylic acids is 1. The van der Waals surface area contributed by atoms with Crippen molar-refractivity contribution in [2.45, 2.75) is 39.7 Å². The molecule has 1 aliphatic rings. The summed E-state index contributed by atoms with van der Waals surface area (Å²) in [6.45, 7) is 5.13.